The van der Waals surface area contributed by atoms with Crippen molar-refractivity contribution >= 4 is 0 Å². The number of rotatable bonds is 8. The van der Waals surface area contributed by atoms with Crippen LogP contribution < -0.4 is 10.1 Å². The Bertz CT molecular complexity index is 994. The molecule has 0 saturated carbocycles. The van der Waals surface area contributed by atoms with Crippen molar-refractivity contribution in [3.8, 4) is 16.9 Å². The Morgan fingerprint density at radius 2 is 1.61 bits per heavy atom. The van der Waals surface area contributed by atoms with Crippen molar-refractivity contribution in [1.29, 1.82) is 0 Å². The first-order chi connectivity index (χ1) is 16.0. The van der Waals surface area contributed by atoms with Crippen LogP contribution in [0.3, 0.4) is 0 Å². The number of aliphatic hydroxyl groups excluding tert-OH is 4. The van der Waals surface area contributed by atoms with E-state index in [-0.39, 0.29) is 0 Å². The highest BCUT2D eigenvalue weighted by Gasteiger charge is 2.44. The van der Waals surface area contributed by atoms with Gasteiger partial charge in [-0.1, -0.05) is 48.5 Å². The highest BCUT2D eigenvalue weighted by Crippen LogP contribution is 2.38. The van der Waals surface area contributed by atoms with Crippen molar-refractivity contribution in [1.82, 2.24) is 5.32 Å². The summed E-state index contributed by atoms with van der Waals surface area (Å²) >= 11 is 0. The quantitative estimate of drug-likeness (QED) is 0.329. The average molecular weight is 454 g/mol. The van der Waals surface area contributed by atoms with Crippen LogP contribution in [0.25, 0.3) is 11.1 Å². The third-order valence-electron chi connectivity index (χ3n) is 6.08. The number of hydrogen-bond acceptors (Lipinski definition) is 7. The van der Waals surface area contributed by atoms with Crippen LogP contribution in [0, 0.1) is 0 Å². The highest BCUT2D eigenvalue weighted by molar-refractivity contribution is 5.68. The van der Waals surface area contributed by atoms with Gasteiger partial charge in [-0.2, -0.15) is 0 Å². The lowest BCUT2D eigenvalue weighted by atomic mass is 9.89. The van der Waals surface area contributed by atoms with E-state index < -0.39 is 37.1 Å². The molecule has 7 heteroatoms. The van der Waals surface area contributed by atoms with Gasteiger partial charge in [-0.15, -0.1) is 0 Å². The summed E-state index contributed by atoms with van der Waals surface area (Å²) < 4.78 is 11.7. The number of likely N-dealkylation sites (N-methyl/N-ethyl adjacent to an activating group) is 1. The minimum Gasteiger partial charge on any atom is -0.492 e. The number of fused-ring (bicyclic) bond motifs is 1. The Morgan fingerprint density at radius 1 is 0.879 bits per heavy atom. The normalized spacial score (nSPS) is 25.3. The molecule has 1 aliphatic heterocycles. The maximum Gasteiger partial charge on any atom is 0.125 e. The van der Waals surface area contributed by atoms with E-state index in [1.165, 1.54) is 0 Å². The molecule has 0 bridgehead atoms. The van der Waals surface area contributed by atoms with Crippen LogP contribution in [0.5, 0.6) is 5.75 Å². The summed E-state index contributed by atoms with van der Waals surface area (Å²) in [7, 11) is 1.83. The van der Waals surface area contributed by atoms with Crippen molar-refractivity contribution in [3.05, 3.63) is 77.4 Å². The smallest absolute Gasteiger partial charge is 0.125 e. The van der Waals surface area contributed by atoms with Gasteiger partial charge >= 0.3 is 0 Å². The molecule has 33 heavy (non-hydrogen) atoms. The van der Waals surface area contributed by atoms with Crippen LogP contribution in [0.1, 0.15) is 22.8 Å². The summed E-state index contributed by atoms with van der Waals surface area (Å²) in [5.41, 5.74) is 5.04. The summed E-state index contributed by atoms with van der Waals surface area (Å²) in [4.78, 5) is 0. The van der Waals surface area contributed by atoms with Gasteiger partial charge < -0.3 is 35.2 Å². The van der Waals surface area contributed by atoms with Gasteiger partial charge in [0.2, 0.25) is 0 Å². The second kappa shape index (κ2) is 10.6. The van der Waals surface area contributed by atoms with Gasteiger partial charge in [0.1, 0.15) is 42.9 Å². The summed E-state index contributed by atoms with van der Waals surface area (Å²) in [6.07, 6.45) is -5.50. The van der Waals surface area contributed by atoms with E-state index in [1.807, 2.05) is 43.4 Å². The first-order valence-electron chi connectivity index (χ1n) is 11.2. The molecule has 7 nitrogen and oxygen atoms in total. The van der Waals surface area contributed by atoms with Crippen LogP contribution in [-0.4, -0.2) is 71.6 Å². The second-order valence-electron chi connectivity index (χ2n) is 8.44. The molecule has 176 valence electrons. The topological polar surface area (TPSA) is 111 Å². The number of benzene rings is 1. The van der Waals surface area contributed by atoms with Crippen LogP contribution in [0.2, 0.25) is 0 Å². The van der Waals surface area contributed by atoms with E-state index in [9.17, 15) is 20.4 Å². The van der Waals surface area contributed by atoms with Crippen molar-refractivity contribution in [2.24, 2.45) is 0 Å². The maximum atomic E-state index is 10.7. The molecule has 1 heterocycles. The first kappa shape index (κ1) is 23.6. The van der Waals surface area contributed by atoms with Gasteiger partial charge in [-0.05, 0) is 47.9 Å². The third kappa shape index (κ3) is 5.19. The molecule has 0 aromatic heterocycles. The molecule has 0 amide bonds. The Kier molecular flexibility index (Phi) is 7.60. The number of hydrogen-bond donors (Lipinski definition) is 5. The third-order valence-corrected chi connectivity index (χ3v) is 6.08. The minimum absolute atomic E-state index is 0.408. The zero-order valence-corrected chi connectivity index (χ0v) is 18.6. The highest BCUT2D eigenvalue weighted by atomic mass is 16.5. The lowest BCUT2D eigenvalue weighted by Crippen LogP contribution is -2.55. The fourth-order valence-corrected chi connectivity index (χ4v) is 4.30. The maximum absolute atomic E-state index is 10.7. The van der Waals surface area contributed by atoms with Gasteiger partial charge in [-0.3, -0.25) is 0 Å². The van der Waals surface area contributed by atoms with Gasteiger partial charge in [-0.25, -0.2) is 0 Å². The Balaban J connectivity index is 1.66. The van der Waals surface area contributed by atoms with Crippen LogP contribution in [-0.2, 0) is 11.2 Å². The molecule has 2 aliphatic carbocycles. The van der Waals surface area contributed by atoms with Crippen LogP contribution in [0.15, 0.2) is 60.7 Å². The molecule has 1 aromatic carbocycles. The van der Waals surface area contributed by atoms with Crippen LogP contribution in [0.4, 0.5) is 0 Å². The van der Waals surface area contributed by atoms with Crippen LogP contribution >= 0.6 is 0 Å². The van der Waals surface area contributed by atoms with Crippen molar-refractivity contribution < 1.29 is 29.9 Å². The zero-order chi connectivity index (χ0) is 23.4. The fraction of sp³-hybridized carbons (Fsp3) is 0.385. The first-order valence-corrected chi connectivity index (χ1v) is 11.2. The van der Waals surface area contributed by atoms with E-state index >= 15 is 0 Å². The summed E-state index contributed by atoms with van der Waals surface area (Å²) in [6.45, 7) is 0.563. The fourth-order valence-electron chi connectivity index (χ4n) is 4.30. The molecular formula is C26H31NO6. The molecule has 5 atom stereocenters. The summed E-state index contributed by atoms with van der Waals surface area (Å²) in [6, 6.07) is 20.2. The van der Waals surface area contributed by atoms with E-state index in [4.69, 9.17) is 9.47 Å². The number of nitrogens with one attached hydrogen (secondary N) is 1. The summed E-state index contributed by atoms with van der Waals surface area (Å²) in [5.74, 6) is 0.526. The summed E-state index contributed by atoms with van der Waals surface area (Å²) in [5, 5.41) is 43.8. The molecule has 1 fully saturated rings. The molecule has 1 aromatic rings. The van der Waals surface area contributed by atoms with E-state index in [1.54, 1.807) is 0 Å². The standard InChI is InChI=1S/C26H31NO6/c1-27-9-10-32-21-8-7-16(11-17-12-18-5-3-2-4-6-19(18)13-17)14-20(21)26-25(31)24(30)23(29)22(15-28)33-26/h2-8,12-14,22-31H,9-11,15H2,1H3/t22-,23-,24+,25-,26+/m1/s1. The molecule has 0 radical (unpaired) electrons. The molecule has 1 saturated heterocycles. The Morgan fingerprint density at radius 3 is 2.27 bits per heavy atom. The molecular weight excluding hydrogens is 422 g/mol. The van der Waals surface area contributed by atoms with E-state index in [2.05, 4.69) is 29.6 Å². The largest absolute Gasteiger partial charge is 0.492 e. The van der Waals surface area contributed by atoms with Crippen molar-refractivity contribution in [2.75, 3.05) is 26.8 Å². The predicted octanol–water partition coefficient (Wildman–Crippen LogP) is 1.50. The molecule has 0 spiro atoms. The molecule has 0 unspecified atom stereocenters. The van der Waals surface area contributed by atoms with E-state index in [0.717, 1.165) is 22.3 Å². The average Bonchev–Trinajstić information content (AvgIpc) is 3.06. The molecule has 3 aliphatic rings. The van der Waals surface area contributed by atoms with Gasteiger partial charge in [0.05, 0.1) is 6.61 Å². The Hall–Kier alpha value is -2.52. The zero-order valence-electron chi connectivity index (χ0n) is 18.6. The van der Waals surface area contributed by atoms with E-state index in [0.29, 0.717) is 30.9 Å². The second-order valence-corrected chi connectivity index (χ2v) is 8.44. The monoisotopic (exact) mass is 453 g/mol. The lowest BCUT2D eigenvalue weighted by Gasteiger charge is -2.40. The predicted molar refractivity (Wildman–Crippen MR) is 124 cm³/mol. The Labute approximate surface area is 193 Å². The van der Waals surface area contributed by atoms with Gasteiger partial charge in [0.15, 0.2) is 0 Å². The van der Waals surface area contributed by atoms with Gasteiger partial charge in [0, 0.05) is 12.1 Å². The van der Waals surface area contributed by atoms with Crippen molar-refractivity contribution in [2.45, 2.75) is 36.9 Å². The number of ether oxygens (including phenoxy) is 2. The van der Waals surface area contributed by atoms with Gasteiger partial charge in [0.25, 0.3) is 0 Å². The molecule has 4 rings (SSSR count). The minimum atomic E-state index is -1.45. The number of aliphatic hydroxyl groups is 4. The lowest BCUT2D eigenvalue weighted by molar-refractivity contribution is -0.232. The molecule has 5 N–H and O–H groups in total. The SMILES string of the molecule is CNCCOc1ccc(Cc2cc3cccccc-3c2)cc1[C@@H]1O[C@H](CO)[C@@H](O)[C@H](O)[C@H]1O. The van der Waals surface area contributed by atoms with Crippen molar-refractivity contribution in [3.63, 3.8) is 0 Å².